The summed E-state index contributed by atoms with van der Waals surface area (Å²) in [5.74, 6) is -1.45. The Morgan fingerprint density at radius 3 is 2.58 bits per heavy atom. The normalized spacial score (nSPS) is 25.5. The fourth-order valence-electron chi connectivity index (χ4n) is 2.93. The molecule has 0 aliphatic carbocycles. The molecule has 26 heavy (non-hydrogen) atoms. The Morgan fingerprint density at radius 1 is 1.35 bits per heavy atom. The lowest BCUT2D eigenvalue weighted by atomic mass is 10.0. The number of carbonyl (C=O) groups is 3. The van der Waals surface area contributed by atoms with Gasteiger partial charge in [-0.2, -0.15) is 0 Å². The lowest BCUT2D eigenvalue weighted by Crippen LogP contribution is -2.71. The molecule has 4 N–H and O–H groups in total. The first kappa shape index (κ1) is 18.3. The summed E-state index contributed by atoms with van der Waals surface area (Å²) in [6.45, 7) is 1.84. The molecule has 0 radical (unpaired) electrons. The molecule has 9 heteroatoms. The number of nitrogens with zero attached hydrogens (tertiary/aromatic N) is 1. The van der Waals surface area contributed by atoms with E-state index in [0.29, 0.717) is 11.3 Å². The largest absolute Gasteiger partial charge is 0.497 e. The van der Waals surface area contributed by atoms with Crippen LogP contribution in [0.5, 0.6) is 5.75 Å². The minimum absolute atomic E-state index is 0.0452. The zero-order valence-electron chi connectivity index (χ0n) is 14.2. The highest BCUT2D eigenvalue weighted by Crippen LogP contribution is 2.40. The molecule has 1 fully saturated rings. The molecule has 138 valence electrons. The molecular formula is C17H19N3O5S. The summed E-state index contributed by atoms with van der Waals surface area (Å²) in [5, 5.41) is 11.4. The van der Waals surface area contributed by atoms with Crippen LogP contribution >= 0.6 is 11.8 Å². The van der Waals surface area contributed by atoms with Crippen molar-refractivity contribution in [1.82, 2.24) is 10.2 Å². The third-order valence-electron chi connectivity index (χ3n) is 4.32. The molecule has 0 bridgehead atoms. The second-order valence-corrected chi connectivity index (χ2v) is 7.53. The van der Waals surface area contributed by atoms with Crippen LogP contribution in [0, 0.1) is 0 Å². The number of rotatable bonds is 5. The van der Waals surface area contributed by atoms with E-state index < -0.39 is 35.2 Å². The smallest absolute Gasteiger partial charge is 0.352 e. The van der Waals surface area contributed by atoms with Crippen LogP contribution < -0.4 is 15.8 Å². The summed E-state index contributed by atoms with van der Waals surface area (Å²) >= 11 is 1.42. The summed E-state index contributed by atoms with van der Waals surface area (Å²) in [6, 6.07) is 5.02. The molecular weight excluding hydrogens is 358 g/mol. The van der Waals surface area contributed by atoms with Gasteiger partial charge in [0.1, 0.15) is 28.9 Å². The number of hydrogen-bond acceptors (Lipinski definition) is 6. The summed E-state index contributed by atoms with van der Waals surface area (Å²) < 4.78 is 5.07. The Labute approximate surface area is 154 Å². The maximum atomic E-state index is 12.4. The predicted octanol–water partition coefficient (Wildman–Crippen LogP) is 0.452. The van der Waals surface area contributed by atoms with Crippen molar-refractivity contribution in [2.45, 2.75) is 29.6 Å². The number of carbonyl (C=O) groups excluding carboxylic acids is 2. The number of amides is 2. The topological polar surface area (TPSA) is 122 Å². The van der Waals surface area contributed by atoms with Gasteiger partial charge >= 0.3 is 5.97 Å². The Kier molecular flexibility index (Phi) is 4.92. The molecule has 2 heterocycles. The van der Waals surface area contributed by atoms with Gasteiger partial charge in [-0.25, -0.2) is 4.79 Å². The van der Waals surface area contributed by atoms with Crippen molar-refractivity contribution >= 4 is 29.5 Å². The van der Waals surface area contributed by atoms with Crippen molar-refractivity contribution in [1.29, 1.82) is 0 Å². The molecule has 1 aromatic rings. The Morgan fingerprint density at radius 2 is 2.00 bits per heavy atom. The maximum absolute atomic E-state index is 12.4. The maximum Gasteiger partial charge on any atom is 0.352 e. The number of nitrogens with two attached hydrogens (primary N) is 1. The molecule has 1 aromatic carbocycles. The molecule has 3 rings (SSSR count). The van der Waals surface area contributed by atoms with Crippen molar-refractivity contribution in [3.63, 3.8) is 0 Å². The number of fused-ring (bicyclic) bond motifs is 1. The number of nitrogens with one attached hydrogen (secondary N) is 1. The van der Waals surface area contributed by atoms with Crippen LogP contribution in [0.15, 0.2) is 36.0 Å². The first-order chi connectivity index (χ1) is 12.3. The van der Waals surface area contributed by atoms with Gasteiger partial charge in [-0.05, 0) is 30.7 Å². The number of carboxylic acids is 1. The van der Waals surface area contributed by atoms with Crippen molar-refractivity contribution in [3.05, 3.63) is 41.6 Å². The van der Waals surface area contributed by atoms with Crippen LogP contribution in [0.1, 0.15) is 18.5 Å². The standard InChI is InChI=1S/C17H19N3O5S/c1-8-7-11(17(23)24)20-15(22)13(16(20)26-8)19-14(21)12(18)9-3-5-10(25-2)6-4-9/h3-8,12-13,16H,18H2,1-2H3,(H,19,21)(H,23,24)/t8?,12?,13?,16-/m1/s1. The van der Waals surface area contributed by atoms with Gasteiger partial charge in [0.25, 0.3) is 5.91 Å². The summed E-state index contributed by atoms with van der Waals surface area (Å²) in [4.78, 5) is 37.3. The third-order valence-corrected chi connectivity index (χ3v) is 5.65. The molecule has 2 aliphatic rings. The number of β-lactam (4-membered cyclic amide) rings is 1. The number of aliphatic carboxylic acids is 1. The van der Waals surface area contributed by atoms with E-state index in [2.05, 4.69) is 5.32 Å². The predicted molar refractivity (Wildman–Crippen MR) is 95.3 cm³/mol. The van der Waals surface area contributed by atoms with E-state index in [4.69, 9.17) is 10.5 Å². The van der Waals surface area contributed by atoms with Crippen molar-refractivity contribution in [2.75, 3.05) is 7.11 Å². The summed E-state index contributed by atoms with van der Waals surface area (Å²) in [6.07, 6.45) is 1.53. The SMILES string of the molecule is COc1ccc(C(N)C(=O)NC2C(=O)N3C(C(=O)O)=CC(C)S[C@H]23)cc1. The van der Waals surface area contributed by atoms with E-state index in [0.717, 1.165) is 0 Å². The average Bonchev–Trinajstić information content (AvgIpc) is 2.64. The van der Waals surface area contributed by atoms with Gasteiger partial charge < -0.3 is 20.9 Å². The number of methoxy groups -OCH3 is 1. The number of ether oxygens (including phenoxy) is 1. The van der Waals surface area contributed by atoms with Gasteiger partial charge in [0.15, 0.2) is 0 Å². The third kappa shape index (κ3) is 3.15. The number of hydrogen-bond donors (Lipinski definition) is 3. The van der Waals surface area contributed by atoms with E-state index >= 15 is 0 Å². The minimum atomic E-state index is -1.16. The van der Waals surface area contributed by atoms with Gasteiger partial charge in [0, 0.05) is 5.25 Å². The lowest BCUT2D eigenvalue weighted by Gasteiger charge is -2.49. The van der Waals surface area contributed by atoms with Crippen LogP contribution in [-0.2, 0) is 14.4 Å². The number of benzene rings is 1. The zero-order chi connectivity index (χ0) is 19.0. The van der Waals surface area contributed by atoms with Gasteiger partial charge in [0.05, 0.1) is 7.11 Å². The molecule has 1 saturated heterocycles. The monoisotopic (exact) mass is 377 g/mol. The van der Waals surface area contributed by atoms with Gasteiger partial charge in [-0.15, -0.1) is 11.8 Å². The van der Waals surface area contributed by atoms with E-state index in [-0.39, 0.29) is 10.9 Å². The minimum Gasteiger partial charge on any atom is -0.497 e. The first-order valence-electron chi connectivity index (χ1n) is 7.97. The molecule has 0 saturated carbocycles. The fraction of sp³-hybridized carbons (Fsp3) is 0.353. The Hall–Kier alpha value is -2.52. The summed E-state index contributed by atoms with van der Waals surface area (Å²) in [7, 11) is 1.54. The van der Waals surface area contributed by atoms with Crippen LogP contribution in [0.4, 0.5) is 0 Å². The molecule has 2 aliphatic heterocycles. The van der Waals surface area contributed by atoms with Crippen molar-refractivity contribution < 1.29 is 24.2 Å². The van der Waals surface area contributed by atoms with Crippen LogP contribution in [-0.4, -0.2) is 51.6 Å². The van der Waals surface area contributed by atoms with E-state index in [1.165, 1.54) is 29.8 Å². The highest BCUT2D eigenvalue weighted by atomic mass is 32.2. The van der Waals surface area contributed by atoms with Crippen LogP contribution in [0.25, 0.3) is 0 Å². The Balaban J connectivity index is 1.69. The quantitative estimate of drug-likeness (QED) is 0.637. The van der Waals surface area contributed by atoms with Crippen molar-refractivity contribution in [3.8, 4) is 5.75 Å². The molecule has 4 atom stereocenters. The average molecular weight is 377 g/mol. The molecule has 0 aromatic heterocycles. The van der Waals surface area contributed by atoms with Gasteiger partial charge in [-0.3, -0.25) is 14.5 Å². The Bertz CT molecular complexity index is 779. The lowest BCUT2D eigenvalue weighted by molar-refractivity contribution is -0.150. The zero-order valence-corrected chi connectivity index (χ0v) is 15.0. The molecule has 0 spiro atoms. The van der Waals surface area contributed by atoms with Gasteiger partial charge in [0.2, 0.25) is 5.91 Å². The van der Waals surface area contributed by atoms with Crippen LogP contribution in [0.3, 0.4) is 0 Å². The second kappa shape index (κ2) is 7.00. The van der Waals surface area contributed by atoms with Crippen molar-refractivity contribution in [2.24, 2.45) is 5.73 Å². The van der Waals surface area contributed by atoms with E-state index in [1.54, 1.807) is 24.3 Å². The molecule has 8 nitrogen and oxygen atoms in total. The number of thioether (sulfide) groups is 1. The number of carboxylic acid groups (broad SMARTS) is 1. The highest BCUT2D eigenvalue weighted by molar-refractivity contribution is 8.00. The first-order valence-corrected chi connectivity index (χ1v) is 8.91. The van der Waals surface area contributed by atoms with Crippen LogP contribution in [0.2, 0.25) is 0 Å². The van der Waals surface area contributed by atoms with E-state index in [1.807, 2.05) is 6.92 Å². The summed E-state index contributed by atoms with van der Waals surface area (Å²) in [5.41, 5.74) is 6.52. The van der Waals surface area contributed by atoms with Gasteiger partial charge in [-0.1, -0.05) is 12.1 Å². The van der Waals surface area contributed by atoms with E-state index in [9.17, 15) is 19.5 Å². The highest BCUT2D eigenvalue weighted by Gasteiger charge is 2.54. The fourth-order valence-corrected chi connectivity index (χ4v) is 4.26. The molecule has 3 unspecified atom stereocenters. The molecule has 2 amide bonds. The second-order valence-electron chi connectivity index (χ2n) is 6.03.